The number of nitrogens with zero attached hydrogens (tertiary/aromatic N) is 1. The first-order chi connectivity index (χ1) is 9.47. The van der Waals surface area contributed by atoms with Crippen molar-refractivity contribution in [1.29, 1.82) is 0 Å². The van der Waals surface area contributed by atoms with E-state index in [1.165, 1.54) is 24.3 Å². The van der Waals surface area contributed by atoms with Crippen molar-refractivity contribution in [1.82, 2.24) is 0 Å². The third-order valence-electron chi connectivity index (χ3n) is 2.89. The fraction of sp³-hybridized carbons (Fsp3) is 0.143. The number of hydrogen-bond acceptors (Lipinski definition) is 3. The molecule has 2 aromatic rings. The van der Waals surface area contributed by atoms with Gasteiger partial charge in [-0.25, -0.2) is 4.39 Å². The van der Waals surface area contributed by atoms with Gasteiger partial charge in [-0.05, 0) is 23.8 Å². The van der Waals surface area contributed by atoms with Crippen LogP contribution in [0.5, 0.6) is 0 Å². The summed E-state index contributed by atoms with van der Waals surface area (Å²) in [6.45, 7) is 0. The van der Waals surface area contributed by atoms with Crippen LogP contribution in [0.15, 0.2) is 46.9 Å². The van der Waals surface area contributed by atoms with E-state index in [2.05, 4.69) is 15.9 Å². The molecule has 1 N–H and O–H groups in total. The summed E-state index contributed by atoms with van der Waals surface area (Å²) in [7, 11) is 0. The van der Waals surface area contributed by atoms with Crippen LogP contribution in [0, 0.1) is 15.9 Å². The molecule has 0 aromatic heterocycles. The SMILES string of the molecule is O=[N+]([O-])c1ccc(CC(O)c2cc(Br)ccc2F)cc1. The number of aliphatic hydroxyl groups is 1. The van der Waals surface area contributed by atoms with Gasteiger partial charge in [0.05, 0.1) is 11.0 Å². The van der Waals surface area contributed by atoms with Crippen molar-refractivity contribution in [2.24, 2.45) is 0 Å². The first kappa shape index (κ1) is 14.6. The van der Waals surface area contributed by atoms with Gasteiger partial charge in [0.15, 0.2) is 0 Å². The summed E-state index contributed by atoms with van der Waals surface area (Å²) in [5.41, 5.74) is 0.872. The van der Waals surface area contributed by atoms with Gasteiger partial charge in [-0.1, -0.05) is 28.1 Å². The molecule has 1 unspecified atom stereocenters. The Balaban J connectivity index is 2.16. The van der Waals surface area contributed by atoms with Crippen LogP contribution in [-0.4, -0.2) is 10.0 Å². The fourth-order valence-electron chi connectivity index (χ4n) is 1.86. The summed E-state index contributed by atoms with van der Waals surface area (Å²) in [5, 5.41) is 20.6. The number of rotatable bonds is 4. The summed E-state index contributed by atoms with van der Waals surface area (Å²) < 4.78 is 14.3. The maximum Gasteiger partial charge on any atom is 0.269 e. The third kappa shape index (κ3) is 3.40. The smallest absolute Gasteiger partial charge is 0.269 e. The van der Waals surface area contributed by atoms with E-state index in [9.17, 15) is 19.6 Å². The lowest BCUT2D eigenvalue weighted by Crippen LogP contribution is -2.04. The number of nitro groups is 1. The standard InChI is InChI=1S/C14H11BrFNO3/c15-10-3-6-13(16)12(8-10)14(18)7-9-1-4-11(5-2-9)17(19)20/h1-6,8,14,18H,7H2. The summed E-state index contributed by atoms with van der Waals surface area (Å²) in [4.78, 5) is 10.0. The maximum absolute atomic E-state index is 13.6. The van der Waals surface area contributed by atoms with Gasteiger partial charge in [-0.2, -0.15) is 0 Å². The lowest BCUT2D eigenvalue weighted by molar-refractivity contribution is -0.384. The highest BCUT2D eigenvalue weighted by atomic mass is 79.9. The summed E-state index contributed by atoms with van der Waals surface area (Å²) in [6.07, 6.45) is -0.820. The van der Waals surface area contributed by atoms with Crippen LogP contribution in [0.4, 0.5) is 10.1 Å². The Kier molecular flexibility index (Phi) is 4.46. The first-order valence-corrected chi connectivity index (χ1v) is 6.63. The lowest BCUT2D eigenvalue weighted by atomic mass is 10.0. The lowest BCUT2D eigenvalue weighted by Gasteiger charge is -2.12. The molecule has 1 atom stereocenters. The molecule has 0 amide bonds. The van der Waals surface area contributed by atoms with Gasteiger partial charge in [0.2, 0.25) is 0 Å². The molecule has 0 aliphatic rings. The molecule has 0 saturated heterocycles. The van der Waals surface area contributed by atoms with Gasteiger partial charge < -0.3 is 5.11 Å². The zero-order valence-electron chi connectivity index (χ0n) is 10.3. The normalized spacial score (nSPS) is 12.2. The highest BCUT2D eigenvalue weighted by Gasteiger charge is 2.14. The van der Waals surface area contributed by atoms with Crippen LogP contribution in [0.3, 0.4) is 0 Å². The van der Waals surface area contributed by atoms with Gasteiger partial charge >= 0.3 is 0 Å². The summed E-state index contributed by atoms with van der Waals surface area (Å²) >= 11 is 3.22. The number of non-ortho nitro benzene ring substituents is 1. The number of aliphatic hydroxyl groups excluding tert-OH is 1. The molecular formula is C14H11BrFNO3. The van der Waals surface area contributed by atoms with E-state index in [-0.39, 0.29) is 17.7 Å². The van der Waals surface area contributed by atoms with Crippen molar-refractivity contribution in [3.63, 3.8) is 0 Å². The Hall–Kier alpha value is -1.79. The predicted molar refractivity (Wildman–Crippen MR) is 75.9 cm³/mol. The zero-order valence-corrected chi connectivity index (χ0v) is 11.9. The average molecular weight is 340 g/mol. The molecule has 0 bridgehead atoms. The van der Waals surface area contributed by atoms with Crippen LogP contribution in [-0.2, 0) is 6.42 Å². The molecule has 0 fully saturated rings. The van der Waals surface area contributed by atoms with Crippen molar-refractivity contribution >= 4 is 21.6 Å². The summed E-state index contributed by atoms with van der Waals surface area (Å²) in [6, 6.07) is 10.2. The topological polar surface area (TPSA) is 63.4 Å². The largest absolute Gasteiger partial charge is 0.388 e. The Labute approximate surface area is 123 Å². The Morgan fingerprint density at radius 1 is 1.25 bits per heavy atom. The molecular weight excluding hydrogens is 329 g/mol. The molecule has 0 spiro atoms. The second kappa shape index (κ2) is 6.11. The molecule has 104 valence electrons. The van der Waals surface area contributed by atoms with Gasteiger partial charge in [0.1, 0.15) is 5.82 Å². The molecule has 0 aliphatic carbocycles. The van der Waals surface area contributed by atoms with E-state index in [4.69, 9.17) is 0 Å². The van der Waals surface area contributed by atoms with E-state index in [0.717, 1.165) is 0 Å². The molecule has 0 heterocycles. The molecule has 4 nitrogen and oxygen atoms in total. The van der Waals surface area contributed by atoms with Crippen LogP contribution in [0.1, 0.15) is 17.2 Å². The zero-order chi connectivity index (χ0) is 14.7. The third-order valence-corrected chi connectivity index (χ3v) is 3.39. The molecule has 20 heavy (non-hydrogen) atoms. The monoisotopic (exact) mass is 339 g/mol. The summed E-state index contributed by atoms with van der Waals surface area (Å²) in [5.74, 6) is -0.484. The predicted octanol–water partition coefficient (Wildman–Crippen LogP) is 3.77. The Morgan fingerprint density at radius 2 is 1.90 bits per heavy atom. The Morgan fingerprint density at radius 3 is 2.50 bits per heavy atom. The minimum absolute atomic E-state index is 0.0168. The molecule has 6 heteroatoms. The van der Waals surface area contributed by atoms with Crippen LogP contribution >= 0.6 is 15.9 Å². The minimum Gasteiger partial charge on any atom is -0.388 e. The highest BCUT2D eigenvalue weighted by molar-refractivity contribution is 9.10. The number of nitro benzene ring substituents is 1. The quantitative estimate of drug-likeness (QED) is 0.681. The van der Waals surface area contributed by atoms with E-state index < -0.39 is 16.8 Å². The van der Waals surface area contributed by atoms with Crippen molar-refractivity contribution < 1.29 is 14.4 Å². The molecule has 2 rings (SSSR count). The van der Waals surface area contributed by atoms with Crippen molar-refractivity contribution in [2.75, 3.05) is 0 Å². The molecule has 0 aliphatic heterocycles. The number of benzene rings is 2. The second-order valence-corrected chi connectivity index (χ2v) is 5.22. The first-order valence-electron chi connectivity index (χ1n) is 5.83. The Bertz CT molecular complexity index is 631. The molecule has 0 radical (unpaired) electrons. The average Bonchev–Trinajstić information content (AvgIpc) is 2.42. The van der Waals surface area contributed by atoms with E-state index in [1.807, 2.05) is 0 Å². The van der Waals surface area contributed by atoms with E-state index >= 15 is 0 Å². The van der Waals surface area contributed by atoms with Crippen molar-refractivity contribution in [3.8, 4) is 0 Å². The maximum atomic E-state index is 13.6. The molecule has 2 aromatic carbocycles. The van der Waals surface area contributed by atoms with Crippen molar-refractivity contribution in [3.05, 3.63) is 74.0 Å². The van der Waals surface area contributed by atoms with E-state index in [1.54, 1.807) is 18.2 Å². The van der Waals surface area contributed by atoms with Crippen LogP contribution in [0.25, 0.3) is 0 Å². The van der Waals surface area contributed by atoms with Crippen molar-refractivity contribution in [2.45, 2.75) is 12.5 Å². The van der Waals surface area contributed by atoms with Gasteiger partial charge in [0.25, 0.3) is 5.69 Å². The molecule has 0 saturated carbocycles. The number of hydrogen-bond donors (Lipinski definition) is 1. The van der Waals surface area contributed by atoms with Crippen LogP contribution in [0.2, 0.25) is 0 Å². The van der Waals surface area contributed by atoms with Gasteiger partial charge in [0, 0.05) is 28.6 Å². The van der Waals surface area contributed by atoms with E-state index in [0.29, 0.717) is 10.0 Å². The van der Waals surface area contributed by atoms with Gasteiger partial charge in [-0.3, -0.25) is 10.1 Å². The fourth-order valence-corrected chi connectivity index (χ4v) is 2.24. The number of halogens is 2. The van der Waals surface area contributed by atoms with Gasteiger partial charge in [-0.15, -0.1) is 0 Å². The highest BCUT2D eigenvalue weighted by Crippen LogP contribution is 2.25. The van der Waals surface area contributed by atoms with Crippen LogP contribution < -0.4 is 0 Å². The minimum atomic E-state index is -1.01. The second-order valence-electron chi connectivity index (χ2n) is 4.31.